The molecule has 0 saturated carbocycles. The Balaban J connectivity index is 1.99. The Hall–Kier alpha value is -3.54. The van der Waals surface area contributed by atoms with Crippen molar-refractivity contribution in [1.82, 2.24) is 10.3 Å². The molecule has 2 amide bonds. The van der Waals surface area contributed by atoms with Crippen LogP contribution in [0.3, 0.4) is 0 Å². The topological polar surface area (TPSA) is 133 Å². The maximum atomic E-state index is 12.1. The number of aromatic hydroxyl groups is 1. The largest absolute Gasteiger partial charge is 0.573 e. The first-order valence-electron chi connectivity index (χ1n) is 7.55. The molecule has 150 valence electrons. The second kappa shape index (κ2) is 8.90. The highest BCUT2D eigenvalue weighted by Crippen LogP contribution is 2.34. The SMILES string of the molecule is NCC(=O)NC(=O)Oc1nccc(OCc2ccc(OC(F)(F)F)cc2)c1O. The van der Waals surface area contributed by atoms with Gasteiger partial charge in [0, 0.05) is 12.3 Å². The molecule has 4 N–H and O–H groups in total. The van der Waals surface area contributed by atoms with Crippen molar-refractivity contribution in [3.63, 3.8) is 0 Å². The summed E-state index contributed by atoms with van der Waals surface area (Å²) in [5, 5.41) is 11.8. The van der Waals surface area contributed by atoms with Crippen molar-refractivity contribution in [2.24, 2.45) is 5.73 Å². The van der Waals surface area contributed by atoms with Crippen LogP contribution in [0.4, 0.5) is 18.0 Å². The monoisotopic (exact) mass is 401 g/mol. The van der Waals surface area contributed by atoms with Gasteiger partial charge in [-0.1, -0.05) is 12.1 Å². The maximum absolute atomic E-state index is 12.1. The zero-order valence-corrected chi connectivity index (χ0v) is 14.0. The fourth-order valence-electron chi connectivity index (χ4n) is 1.84. The number of nitrogens with zero attached hydrogens (tertiary/aromatic N) is 1. The lowest BCUT2D eigenvalue weighted by Crippen LogP contribution is -2.37. The summed E-state index contributed by atoms with van der Waals surface area (Å²) in [5.41, 5.74) is 5.51. The predicted octanol–water partition coefficient (Wildman–Crippen LogP) is 1.84. The second-order valence-corrected chi connectivity index (χ2v) is 5.09. The van der Waals surface area contributed by atoms with E-state index in [2.05, 4.69) is 14.5 Å². The molecule has 0 fully saturated rings. The average molecular weight is 401 g/mol. The molecule has 9 nitrogen and oxygen atoms in total. The summed E-state index contributed by atoms with van der Waals surface area (Å²) in [6.45, 7) is -0.564. The van der Waals surface area contributed by atoms with Gasteiger partial charge in [0.2, 0.25) is 11.7 Å². The van der Waals surface area contributed by atoms with Crippen molar-refractivity contribution in [2.75, 3.05) is 6.54 Å². The molecule has 1 aromatic heterocycles. The molecule has 0 radical (unpaired) electrons. The number of imide groups is 1. The number of rotatable bonds is 6. The van der Waals surface area contributed by atoms with Crippen molar-refractivity contribution in [3.05, 3.63) is 42.1 Å². The number of hydrogen-bond donors (Lipinski definition) is 3. The van der Waals surface area contributed by atoms with Gasteiger partial charge in [-0.15, -0.1) is 13.2 Å². The van der Waals surface area contributed by atoms with Crippen LogP contribution in [-0.4, -0.2) is 35.0 Å². The fraction of sp³-hybridized carbons (Fsp3) is 0.188. The Morgan fingerprint density at radius 2 is 1.86 bits per heavy atom. The van der Waals surface area contributed by atoms with Gasteiger partial charge in [0.15, 0.2) is 5.75 Å². The minimum Gasteiger partial charge on any atom is -0.501 e. The number of alkyl halides is 3. The molecule has 2 aromatic rings. The Kier molecular flexibility index (Phi) is 6.60. The minimum atomic E-state index is -4.79. The van der Waals surface area contributed by atoms with Gasteiger partial charge in [0.05, 0.1) is 6.54 Å². The van der Waals surface area contributed by atoms with Crippen molar-refractivity contribution < 1.29 is 42.1 Å². The molecule has 0 atom stereocenters. The lowest BCUT2D eigenvalue weighted by atomic mass is 10.2. The van der Waals surface area contributed by atoms with E-state index in [1.165, 1.54) is 24.4 Å². The van der Waals surface area contributed by atoms with Gasteiger partial charge in [0.1, 0.15) is 12.4 Å². The van der Waals surface area contributed by atoms with Gasteiger partial charge >= 0.3 is 12.5 Å². The number of nitrogens with one attached hydrogen (secondary N) is 1. The van der Waals surface area contributed by atoms with Crippen LogP contribution in [0.5, 0.6) is 23.1 Å². The van der Waals surface area contributed by atoms with E-state index >= 15 is 0 Å². The first-order valence-corrected chi connectivity index (χ1v) is 7.55. The molecule has 0 bridgehead atoms. The number of carbonyl (C=O) groups is 2. The summed E-state index contributed by atoms with van der Waals surface area (Å²) in [6.07, 6.45) is -4.82. The third-order valence-corrected chi connectivity index (χ3v) is 3.02. The van der Waals surface area contributed by atoms with Crippen LogP contribution in [0.25, 0.3) is 0 Å². The quantitative estimate of drug-likeness (QED) is 0.668. The zero-order chi connectivity index (χ0) is 20.7. The van der Waals surface area contributed by atoms with Crippen molar-refractivity contribution in [1.29, 1.82) is 0 Å². The molecule has 0 spiro atoms. The van der Waals surface area contributed by atoms with Crippen LogP contribution in [0.2, 0.25) is 0 Å². The zero-order valence-electron chi connectivity index (χ0n) is 14.0. The van der Waals surface area contributed by atoms with E-state index in [1.54, 1.807) is 5.32 Å². The number of nitrogens with two attached hydrogens (primary N) is 1. The number of aromatic nitrogens is 1. The van der Waals surface area contributed by atoms with E-state index in [-0.39, 0.29) is 12.4 Å². The normalized spacial score (nSPS) is 10.9. The van der Waals surface area contributed by atoms with Crippen LogP contribution in [-0.2, 0) is 11.4 Å². The number of carbonyl (C=O) groups excluding carboxylic acids is 2. The van der Waals surface area contributed by atoms with Gasteiger partial charge in [0.25, 0.3) is 5.88 Å². The smallest absolute Gasteiger partial charge is 0.501 e. The molecule has 1 heterocycles. The summed E-state index contributed by atoms with van der Waals surface area (Å²) in [5.74, 6) is -2.44. The third-order valence-electron chi connectivity index (χ3n) is 3.02. The van der Waals surface area contributed by atoms with E-state index < -0.39 is 42.3 Å². The number of hydrogen-bond acceptors (Lipinski definition) is 8. The molecule has 0 aliphatic carbocycles. The van der Waals surface area contributed by atoms with E-state index in [0.29, 0.717) is 5.56 Å². The highest BCUT2D eigenvalue weighted by Gasteiger charge is 2.30. The molecular weight excluding hydrogens is 387 g/mol. The fourth-order valence-corrected chi connectivity index (χ4v) is 1.84. The molecule has 28 heavy (non-hydrogen) atoms. The van der Waals surface area contributed by atoms with E-state index in [1.807, 2.05) is 0 Å². The molecule has 12 heteroatoms. The third kappa shape index (κ3) is 6.32. The van der Waals surface area contributed by atoms with Gasteiger partial charge in [-0.3, -0.25) is 10.1 Å². The summed E-state index contributed by atoms with van der Waals surface area (Å²) in [6, 6.07) is 6.15. The van der Waals surface area contributed by atoms with Crippen LogP contribution in [0.1, 0.15) is 5.56 Å². The Labute approximate surface area is 155 Å². The van der Waals surface area contributed by atoms with Gasteiger partial charge in [-0.05, 0) is 17.7 Å². The lowest BCUT2D eigenvalue weighted by molar-refractivity contribution is -0.274. The highest BCUT2D eigenvalue weighted by atomic mass is 19.4. The number of amides is 2. The first-order chi connectivity index (χ1) is 13.2. The summed E-state index contributed by atoms with van der Waals surface area (Å²) < 4.78 is 50.2. The predicted molar refractivity (Wildman–Crippen MR) is 86.6 cm³/mol. The molecule has 0 aliphatic rings. The number of benzene rings is 1. The number of ether oxygens (including phenoxy) is 3. The summed E-state index contributed by atoms with van der Waals surface area (Å²) in [4.78, 5) is 26.1. The molecule has 1 aromatic carbocycles. The molecule has 2 rings (SSSR count). The van der Waals surface area contributed by atoms with E-state index in [0.717, 1.165) is 12.1 Å². The van der Waals surface area contributed by atoms with Gasteiger partial charge in [-0.25, -0.2) is 9.78 Å². The Morgan fingerprint density at radius 3 is 2.46 bits per heavy atom. The Bertz CT molecular complexity index is 843. The van der Waals surface area contributed by atoms with E-state index in [9.17, 15) is 27.9 Å². The minimum absolute atomic E-state index is 0.112. The molecule has 0 unspecified atom stereocenters. The van der Waals surface area contributed by atoms with Gasteiger partial charge in [-0.2, -0.15) is 0 Å². The maximum Gasteiger partial charge on any atom is 0.573 e. The van der Waals surface area contributed by atoms with Crippen LogP contribution in [0.15, 0.2) is 36.5 Å². The second-order valence-electron chi connectivity index (χ2n) is 5.09. The summed E-state index contributed by atoms with van der Waals surface area (Å²) in [7, 11) is 0. The number of halogens is 3. The molecular formula is C16H14F3N3O6. The average Bonchev–Trinajstić information content (AvgIpc) is 2.62. The number of pyridine rings is 1. The molecule has 0 aliphatic heterocycles. The van der Waals surface area contributed by atoms with E-state index in [4.69, 9.17) is 10.5 Å². The summed E-state index contributed by atoms with van der Waals surface area (Å²) >= 11 is 0. The van der Waals surface area contributed by atoms with Crippen LogP contribution >= 0.6 is 0 Å². The van der Waals surface area contributed by atoms with Gasteiger partial charge < -0.3 is 25.1 Å². The van der Waals surface area contributed by atoms with Crippen molar-refractivity contribution >= 4 is 12.0 Å². The molecule has 0 saturated heterocycles. The highest BCUT2D eigenvalue weighted by molar-refractivity contribution is 5.93. The first kappa shape index (κ1) is 20.8. The Morgan fingerprint density at radius 1 is 1.18 bits per heavy atom. The standard InChI is InChI=1S/C16H14F3N3O6/c17-16(18,19)28-10-3-1-9(2-4-10)8-26-11-5-6-21-14(13(11)24)27-15(25)22-12(23)7-20/h1-6,24H,7-8,20H2,(H,22,23,25). The lowest BCUT2D eigenvalue weighted by Gasteiger charge is -2.12. The van der Waals surface area contributed by atoms with Crippen LogP contribution in [0, 0.1) is 0 Å². The van der Waals surface area contributed by atoms with Crippen molar-refractivity contribution in [2.45, 2.75) is 13.0 Å². The van der Waals surface area contributed by atoms with Crippen molar-refractivity contribution in [3.8, 4) is 23.1 Å². The van der Waals surface area contributed by atoms with Crippen LogP contribution < -0.4 is 25.3 Å².